The number of hydrogen-bond donors (Lipinski definition) is 1. The predicted molar refractivity (Wildman–Crippen MR) is 157 cm³/mol. The van der Waals surface area contributed by atoms with E-state index in [1.54, 1.807) is 0 Å². The van der Waals surface area contributed by atoms with E-state index in [1.165, 1.54) is 29.6 Å². The summed E-state index contributed by atoms with van der Waals surface area (Å²) < 4.78 is 5.09. The molecule has 3 aromatic carbocycles. The van der Waals surface area contributed by atoms with Crippen LogP contribution in [0.5, 0.6) is 0 Å². The first-order valence-corrected chi connectivity index (χ1v) is 14.0. The zero-order valence-corrected chi connectivity index (χ0v) is 23.1. The second-order valence-corrected chi connectivity index (χ2v) is 10.9. The van der Waals surface area contributed by atoms with Gasteiger partial charge in [0.15, 0.2) is 0 Å². The molecule has 0 spiro atoms. The monoisotopic (exact) mass is 539 g/mol. The van der Waals surface area contributed by atoms with Gasteiger partial charge in [-0.25, -0.2) is 4.79 Å². The maximum Gasteiger partial charge on any atom is 0.341 e. The van der Waals surface area contributed by atoms with E-state index in [0.717, 1.165) is 42.2 Å². The molecule has 200 valence electrons. The molecule has 1 aliphatic heterocycles. The highest BCUT2D eigenvalue weighted by atomic mass is 32.1. The molecule has 0 saturated carbocycles. The summed E-state index contributed by atoms with van der Waals surface area (Å²) in [7, 11) is 1.37. The SMILES string of the molecule is COC(=O)c1c(NC(=O)CN2CCN(C(c3ccccc3)c3ccccc3)CC2)sc(C)c1-c1ccccc1. The zero-order chi connectivity index (χ0) is 27.2. The van der Waals surface area contributed by atoms with Gasteiger partial charge in [-0.3, -0.25) is 14.6 Å². The van der Waals surface area contributed by atoms with Gasteiger partial charge in [0.1, 0.15) is 10.6 Å². The Morgan fingerprint density at radius 2 is 1.38 bits per heavy atom. The lowest BCUT2D eigenvalue weighted by atomic mass is 9.96. The average Bonchev–Trinajstić information content (AvgIpc) is 3.30. The molecule has 0 aliphatic carbocycles. The Morgan fingerprint density at radius 1 is 0.846 bits per heavy atom. The number of anilines is 1. The summed E-state index contributed by atoms with van der Waals surface area (Å²) in [6, 6.07) is 31.1. The van der Waals surface area contributed by atoms with Crippen LogP contribution in [0.25, 0.3) is 11.1 Å². The van der Waals surface area contributed by atoms with Crippen LogP contribution in [0, 0.1) is 6.92 Å². The van der Waals surface area contributed by atoms with E-state index in [1.807, 2.05) is 49.4 Å². The van der Waals surface area contributed by atoms with Crippen molar-refractivity contribution in [3.05, 3.63) is 113 Å². The van der Waals surface area contributed by atoms with E-state index in [9.17, 15) is 9.59 Å². The number of esters is 1. The molecule has 2 heterocycles. The molecule has 1 fully saturated rings. The third-order valence-corrected chi connectivity index (χ3v) is 8.18. The summed E-state index contributed by atoms with van der Waals surface area (Å²) in [6.07, 6.45) is 0. The molecule has 1 amide bonds. The number of piperazine rings is 1. The Kier molecular flexibility index (Phi) is 8.51. The first-order valence-electron chi connectivity index (χ1n) is 13.2. The lowest BCUT2D eigenvalue weighted by molar-refractivity contribution is -0.117. The largest absolute Gasteiger partial charge is 0.465 e. The average molecular weight is 540 g/mol. The fourth-order valence-corrected chi connectivity index (χ4v) is 6.40. The van der Waals surface area contributed by atoms with Crippen LogP contribution in [-0.4, -0.2) is 61.5 Å². The third-order valence-electron chi connectivity index (χ3n) is 7.16. The number of hydrogen-bond acceptors (Lipinski definition) is 6. The van der Waals surface area contributed by atoms with Gasteiger partial charge in [0, 0.05) is 36.6 Å². The van der Waals surface area contributed by atoms with E-state index in [0.29, 0.717) is 10.6 Å². The van der Waals surface area contributed by atoms with Crippen molar-refractivity contribution in [1.29, 1.82) is 0 Å². The van der Waals surface area contributed by atoms with Crippen LogP contribution in [0.2, 0.25) is 0 Å². The van der Waals surface area contributed by atoms with Gasteiger partial charge in [-0.05, 0) is 23.6 Å². The van der Waals surface area contributed by atoms with E-state index in [2.05, 4.69) is 63.6 Å². The van der Waals surface area contributed by atoms with Crippen LogP contribution in [0.1, 0.15) is 32.4 Å². The zero-order valence-electron chi connectivity index (χ0n) is 22.3. The Labute approximate surface area is 233 Å². The van der Waals surface area contributed by atoms with E-state index < -0.39 is 5.97 Å². The topological polar surface area (TPSA) is 61.9 Å². The number of nitrogens with zero attached hydrogens (tertiary/aromatic N) is 2. The summed E-state index contributed by atoms with van der Waals surface area (Å²) in [5, 5.41) is 3.55. The minimum absolute atomic E-state index is 0.128. The Hall–Kier alpha value is -3.78. The number of carbonyl (C=O) groups excluding carboxylic acids is 2. The van der Waals surface area contributed by atoms with E-state index >= 15 is 0 Å². The van der Waals surface area contributed by atoms with Gasteiger partial charge in [0.2, 0.25) is 5.91 Å². The van der Waals surface area contributed by atoms with Crippen molar-refractivity contribution >= 4 is 28.2 Å². The molecule has 39 heavy (non-hydrogen) atoms. The van der Waals surface area contributed by atoms with Gasteiger partial charge in [-0.1, -0.05) is 91.0 Å². The Bertz CT molecular complexity index is 1360. The van der Waals surface area contributed by atoms with Crippen molar-refractivity contribution in [2.24, 2.45) is 0 Å². The number of amides is 1. The molecule has 4 aromatic rings. The summed E-state index contributed by atoms with van der Waals surface area (Å²) >= 11 is 1.41. The standard InChI is InChI=1S/C32H33N3O3S/c1-23-28(24-12-6-3-7-13-24)29(32(37)38-2)31(39-23)33-27(36)22-34-18-20-35(21-19-34)30(25-14-8-4-9-15-25)26-16-10-5-11-17-26/h3-17,30H,18-22H2,1-2H3,(H,33,36). The minimum atomic E-state index is -0.449. The number of methoxy groups -OCH3 is 1. The van der Waals surface area contributed by atoms with Crippen LogP contribution in [-0.2, 0) is 9.53 Å². The molecule has 0 unspecified atom stereocenters. The maximum atomic E-state index is 13.1. The number of benzene rings is 3. The first kappa shape index (κ1) is 26.8. The molecular formula is C32H33N3O3S. The molecule has 6 nitrogen and oxygen atoms in total. The highest BCUT2D eigenvalue weighted by Crippen LogP contribution is 2.40. The lowest BCUT2D eigenvalue weighted by Gasteiger charge is -2.39. The van der Waals surface area contributed by atoms with Crippen molar-refractivity contribution in [2.75, 3.05) is 45.2 Å². The molecule has 1 saturated heterocycles. The van der Waals surface area contributed by atoms with Gasteiger partial charge in [-0.2, -0.15) is 0 Å². The molecule has 5 rings (SSSR count). The molecular weight excluding hydrogens is 506 g/mol. The minimum Gasteiger partial charge on any atom is -0.465 e. The Morgan fingerprint density at radius 3 is 1.92 bits per heavy atom. The quantitative estimate of drug-likeness (QED) is 0.285. The molecule has 1 aliphatic rings. The molecule has 0 atom stereocenters. The van der Waals surface area contributed by atoms with Gasteiger partial charge in [0.25, 0.3) is 0 Å². The van der Waals surface area contributed by atoms with Gasteiger partial charge < -0.3 is 10.1 Å². The first-order chi connectivity index (χ1) is 19.0. The summed E-state index contributed by atoms with van der Waals surface area (Å²) in [5.41, 5.74) is 4.69. The normalized spacial score (nSPS) is 14.3. The number of aryl methyl sites for hydroxylation is 1. The maximum absolute atomic E-state index is 13.1. The molecule has 1 aromatic heterocycles. The van der Waals surface area contributed by atoms with Crippen LogP contribution >= 0.6 is 11.3 Å². The highest BCUT2D eigenvalue weighted by molar-refractivity contribution is 7.17. The van der Waals surface area contributed by atoms with Crippen molar-refractivity contribution in [3.8, 4) is 11.1 Å². The lowest BCUT2D eigenvalue weighted by Crippen LogP contribution is -2.49. The smallest absolute Gasteiger partial charge is 0.341 e. The fourth-order valence-electron chi connectivity index (χ4n) is 5.32. The van der Waals surface area contributed by atoms with Gasteiger partial charge in [-0.15, -0.1) is 11.3 Å². The highest BCUT2D eigenvalue weighted by Gasteiger charge is 2.28. The number of nitrogens with one attached hydrogen (secondary N) is 1. The van der Waals surface area contributed by atoms with Crippen molar-refractivity contribution < 1.29 is 14.3 Å². The summed E-state index contributed by atoms with van der Waals surface area (Å²) in [4.78, 5) is 31.5. The van der Waals surface area contributed by atoms with Gasteiger partial charge in [0.05, 0.1) is 19.7 Å². The summed E-state index contributed by atoms with van der Waals surface area (Å²) in [5.74, 6) is -0.577. The van der Waals surface area contributed by atoms with E-state index in [4.69, 9.17) is 4.74 Å². The molecule has 7 heteroatoms. The van der Waals surface area contributed by atoms with Crippen molar-refractivity contribution in [3.63, 3.8) is 0 Å². The van der Waals surface area contributed by atoms with Crippen molar-refractivity contribution in [1.82, 2.24) is 9.80 Å². The molecule has 0 bridgehead atoms. The third kappa shape index (κ3) is 6.11. The number of ether oxygens (including phenoxy) is 1. The predicted octanol–water partition coefficient (Wildman–Crippen LogP) is 5.86. The van der Waals surface area contributed by atoms with Crippen LogP contribution in [0.15, 0.2) is 91.0 Å². The van der Waals surface area contributed by atoms with Crippen LogP contribution in [0.4, 0.5) is 5.00 Å². The number of carbonyl (C=O) groups is 2. The van der Waals surface area contributed by atoms with Crippen molar-refractivity contribution in [2.45, 2.75) is 13.0 Å². The fraction of sp³-hybridized carbons (Fsp3) is 0.250. The second kappa shape index (κ2) is 12.4. The van der Waals surface area contributed by atoms with Gasteiger partial charge >= 0.3 is 5.97 Å². The number of thiophene rings is 1. The van der Waals surface area contributed by atoms with E-state index in [-0.39, 0.29) is 18.5 Å². The molecule has 0 radical (unpaired) electrons. The van der Waals surface area contributed by atoms with Crippen LogP contribution in [0.3, 0.4) is 0 Å². The second-order valence-electron chi connectivity index (χ2n) is 9.68. The Balaban J connectivity index is 1.26. The number of rotatable bonds is 8. The van der Waals surface area contributed by atoms with Crippen LogP contribution < -0.4 is 5.32 Å². The summed E-state index contributed by atoms with van der Waals surface area (Å²) in [6.45, 7) is 5.51. The molecule has 1 N–H and O–H groups in total.